The van der Waals surface area contributed by atoms with Crippen LogP contribution in [-0.4, -0.2) is 16.4 Å². The van der Waals surface area contributed by atoms with Crippen molar-refractivity contribution < 1.29 is 14.0 Å². The Morgan fingerprint density at radius 2 is 2.00 bits per heavy atom. The molecule has 26 heavy (non-hydrogen) atoms. The van der Waals surface area contributed by atoms with Crippen LogP contribution in [0.1, 0.15) is 32.0 Å². The SMILES string of the molecule is Cc1oc(-n2cccc2)c(C#N)c1C(=O)Nc1ccc(Cl)c(C(N)=O)c1. The number of anilines is 1. The van der Waals surface area contributed by atoms with E-state index >= 15 is 0 Å². The van der Waals surface area contributed by atoms with Crippen molar-refractivity contribution in [3.63, 3.8) is 0 Å². The molecule has 0 saturated carbocycles. The Labute approximate surface area is 153 Å². The summed E-state index contributed by atoms with van der Waals surface area (Å²) in [6.07, 6.45) is 3.41. The van der Waals surface area contributed by atoms with Crippen LogP contribution >= 0.6 is 11.6 Å². The molecule has 0 atom stereocenters. The van der Waals surface area contributed by atoms with Gasteiger partial charge in [-0.25, -0.2) is 0 Å². The molecule has 7 nitrogen and oxygen atoms in total. The highest BCUT2D eigenvalue weighted by Crippen LogP contribution is 2.27. The van der Waals surface area contributed by atoms with Gasteiger partial charge in [-0.2, -0.15) is 5.26 Å². The van der Waals surface area contributed by atoms with E-state index in [1.54, 1.807) is 36.0 Å². The Hall–Kier alpha value is -3.50. The molecule has 3 rings (SSSR count). The van der Waals surface area contributed by atoms with Crippen molar-refractivity contribution in [1.82, 2.24) is 4.57 Å². The number of amides is 2. The number of aryl methyl sites for hydroxylation is 1. The van der Waals surface area contributed by atoms with E-state index < -0.39 is 11.8 Å². The smallest absolute Gasteiger partial charge is 0.260 e. The minimum Gasteiger partial charge on any atom is -0.443 e. The van der Waals surface area contributed by atoms with Crippen LogP contribution in [-0.2, 0) is 0 Å². The molecule has 130 valence electrons. The number of hydrogen-bond donors (Lipinski definition) is 2. The Morgan fingerprint density at radius 3 is 2.62 bits per heavy atom. The van der Waals surface area contributed by atoms with E-state index in [2.05, 4.69) is 5.32 Å². The molecule has 0 saturated heterocycles. The van der Waals surface area contributed by atoms with Crippen molar-refractivity contribution in [3.8, 4) is 12.0 Å². The van der Waals surface area contributed by atoms with E-state index in [4.69, 9.17) is 21.8 Å². The van der Waals surface area contributed by atoms with Gasteiger partial charge in [-0.15, -0.1) is 0 Å². The molecular weight excluding hydrogens is 356 g/mol. The molecule has 0 aliphatic rings. The fraction of sp³-hybridized carbons (Fsp3) is 0.0556. The lowest BCUT2D eigenvalue weighted by atomic mass is 10.1. The topological polar surface area (TPSA) is 114 Å². The molecule has 0 bridgehead atoms. The number of rotatable bonds is 4. The van der Waals surface area contributed by atoms with Gasteiger partial charge < -0.3 is 15.5 Å². The molecule has 2 aromatic heterocycles. The summed E-state index contributed by atoms with van der Waals surface area (Å²) in [6, 6.07) is 9.91. The molecule has 1 aromatic carbocycles. The molecule has 8 heteroatoms. The van der Waals surface area contributed by atoms with Crippen LogP contribution in [0.5, 0.6) is 0 Å². The lowest BCUT2D eigenvalue weighted by Crippen LogP contribution is -2.16. The first kappa shape index (κ1) is 17.3. The summed E-state index contributed by atoms with van der Waals surface area (Å²) in [5, 5.41) is 12.3. The van der Waals surface area contributed by atoms with Crippen LogP contribution in [0.3, 0.4) is 0 Å². The highest BCUT2D eigenvalue weighted by molar-refractivity contribution is 6.34. The van der Waals surface area contributed by atoms with Gasteiger partial charge >= 0.3 is 0 Å². The Balaban J connectivity index is 1.98. The van der Waals surface area contributed by atoms with Crippen LogP contribution in [0.4, 0.5) is 5.69 Å². The first-order valence-corrected chi connectivity index (χ1v) is 7.87. The molecule has 2 heterocycles. The molecule has 0 aliphatic carbocycles. The highest BCUT2D eigenvalue weighted by atomic mass is 35.5. The van der Waals surface area contributed by atoms with Crippen molar-refractivity contribution in [1.29, 1.82) is 5.26 Å². The maximum Gasteiger partial charge on any atom is 0.260 e. The summed E-state index contributed by atoms with van der Waals surface area (Å²) in [6.45, 7) is 1.60. The number of hydrogen-bond acceptors (Lipinski definition) is 4. The summed E-state index contributed by atoms with van der Waals surface area (Å²) in [4.78, 5) is 24.1. The molecule has 3 aromatic rings. The Kier molecular flexibility index (Phi) is 4.52. The zero-order valence-electron chi connectivity index (χ0n) is 13.6. The van der Waals surface area contributed by atoms with Gasteiger partial charge in [-0.05, 0) is 37.3 Å². The first-order chi connectivity index (χ1) is 12.4. The van der Waals surface area contributed by atoms with Crippen molar-refractivity contribution in [2.75, 3.05) is 5.32 Å². The molecule has 0 aliphatic heterocycles. The zero-order valence-corrected chi connectivity index (χ0v) is 14.4. The van der Waals surface area contributed by atoms with Crippen molar-refractivity contribution in [2.45, 2.75) is 6.92 Å². The predicted molar refractivity (Wildman–Crippen MR) is 95.4 cm³/mol. The highest BCUT2D eigenvalue weighted by Gasteiger charge is 2.24. The number of nitriles is 1. The van der Waals surface area contributed by atoms with E-state index in [1.165, 1.54) is 18.2 Å². The second kappa shape index (κ2) is 6.78. The average molecular weight is 369 g/mol. The third-order valence-corrected chi connectivity index (χ3v) is 4.06. The number of primary amides is 1. The maximum absolute atomic E-state index is 12.7. The van der Waals surface area contributed by atoms with Crippen LogP contribution in [0.25, 0.3) is 5.88 Å². The van der Waals surface area contributed by atoms with Crippen molar-refractivity contribution >= 4 is 29.1 Å². The molecule has 0 fully saturated rings. The van der Waals surface area contributed by atoms with Gasteiger partial charge in [0.05, 0.1) is 10.6 Å². The fourth-order valence-electron chi connectivity index (χ4n) is 2.54. The lowest BCUT2D eigenvalue weighted by molar-refractivity contribution is 0.0996. The van der Waals surface area contributed by atoms with E-state index in [-0.39, 0.29) is 27.6 Å². The number of nitrogens with two attached hydrogens (primary N) is 1. The predicted octanol–water partition coefficient (Wildman–Crippen LogP) is 3.26. The van der Waals surface area contributed by atoms with Gasteiger partial charge in [0, 0.05) is 18.1 Å². The van der Waals surface area contributed by atoms with Gasteiger partial charge in [0.15, 0.2) is 0 Å². The second-order valence-corrected chi connectivity index (χ2v) is 5.84. The van der Waals surface area contributed by atoms with Gasteiger partial charge in [-0.1, -0.05) is 11.6 Å². The van der Waals surface area contributed by atoms with E-state index in [0.29, 0.717) is 11.4 Å². The van der Waals surface area contributed by atoms with Crippen LogP contribution in [0, 0.1) is 18.3 Å². The normalized spacial score (nSPS) is 10.3. The molecule has 0 unspecified atom stereocenters. The molecular formula is C18H13ClN4O3. The first-order valence-electron chi connectivity index (χ1n) is 7.50. The minimum absolute atomic E-state index is 0.0851. The van der Waals surface area contributed by atoms with E-state index in [0.717, 1.165) is 0 Å². The minimum atomic E-state index is -0.710. The number of carbonyl (C=O) groups is 2. The van der Waals surface area contributed by atoms with Gasteiger partial charge in [0.25, 0.3) is 5.91 Å². The number of nitrogens with zero attached hydrogens (tertiary/aromatic N) is 2. The summed E-state index contributed by atoms with van der Waals surface area (Å²) >= 11 is 5.90. The Morgan fingerprint density at radius 1 is 1.31 bits per heavy atom. The second-order valence-electron chi connectivity index (χ2n) is 5.43. The van der Waals surface area contributed by atoms with Crippen LogP contribution < -0.4 is 11.1 Å². The average Bonchev–Trinajstić information content (AvgIpc) is 3.23. The number of halogens is 1. The summed E-state index contributed by atoms with van der Waals surface area (Å²) in [5.41, 5.74) is 5.89. The number of carbonyl (C=O) groups excluding carboxylic acids is 2. The molecule has 3 N–H and O–H groups in total. The third kappa shape index (κ3) is 3.06. The van der Waals surface area contributed by atoms with Gasteiger partial charge in [-0.3, -0.25) is 14.2 Å². The molecule has 0 radical (unpaired) electrons. The molecule has 0 spiro atoms. The van der Waals surface area contributed by atoms with E-state index in [9.17, 15) is 14.9 Å². The van der Waals surface area contributed by atoms with Crippen LogP contribution in [0.15, 0.2) is 47.1 Å². The summed E-state index contributed by atoms with van der Waals surface area (Å²) in [7, 11) is 0. The number of aromatic nitrogens is 1. The fourth-order valence-corrected chi connectivity index (χ4v) is 2.76. The third-order valence-electron chi connectivity index (χ3n) is 3.73. The monoisotopic (exact) mass is 368 g/mol. The number of furan rings is 1. The van der Waals surface area contributed by atoms with Crippen molar-refractivity contribution in [3.05, 3.63) is 70.2 Å². The largest absolute Gasteiger partial charge is 0.443 e. The summed E-state index contributed by atoms with van der Waals surface area (Å²) in [5.74, 6) is -0.696. The maximum atomic E-state index is 12.7. The quantitative estimate of drug-likeness (QED) is 0.735. The number of benzene rings is 1. The molecule has 2 amide bonds. The summed E-state index contributed by atoms with van der Waals surface area (Å²) < 4.78 is 7.21. The zero-order chi connectivity index (χ0) is 18.8. The van der Waals surface area contributed by atoms with E-state index in [1.807, 2.05) is 6.07 Å². The Bertz CT molecular complexity index is 1050. The van der Waals surface area contributed by atoms with Crippen LogP contribution in [0.2, 0.25) is 5.02 Å². The van der Waals surface area contributed by atoms with Gasteiger partial charge in [0.1, 0.15) is 23.0 Å². The number of nitrogens with one attached hydrogen (secondary N) is 1. The van der Waals surface area contributed by atoms with Gasteiger partial charge in [0.2, 0.25) is 11.8 Å². The lowest BCUT2D eigenvalue weighted by Gasteiger charge is -2.07. The standard InChI is InChI=1S/C18H13ClN4O3/c1-10-15(13(9-20)18(26-10)23-6-2-3-7-23)17(25)22-11-4-5-14(19)12(8-11)16(21)24/h2-8H,1H3,(H2,21,24)(H,22,25). The van der Waals surface area contributed by atoms with Crippen molar-refractivity contribution in [2.24, 2.45) is 5.73 Å².